The smallest absolute Gasteiger partial charge is 0.112 e. The van der Waals surface area contributed by atoms with Gasteiger partial charge in [-0.05, 0) is 25.1 Å². The Morgan fingerprint density at radius 2 is 2.29 bits per heavy atom. The normalized spacial score (nSPS) is 25.9. The van der Waals surface area contributed by atoms with Crippen LogP contribution in [-0.2, 0) is 10.8 Å². The lowest BCUT2D eigenvalue weighted by molar-refractivity contribution is 0.585. The fourth-order valence-corrected chi connectivity index (χ4v) is 4.46. The number of hydrogen-bond acceptors (Lipinski definition) is 4. The second-order valence-corrected chi connectivity index (χ2v) is 6.87. The SMILES string of the molecule is O=S1CCCNC(c2nc3ccccc3s2)C1. The van der Waals surface area contributed by atoms with E-state index in [-0.39, 0.29) is 6.04 Å². The summed E-state index contributed by atoms with van der Waals surface area (Å²) in [4.78, 5) is 4.63. The highest BCUT2D eigenvalue weighted by molar-refractivity contribution is 7.85. The lowest BCUT2D eigenvalue weighted by Gasteiger charge is -2.11. The molecule has 0 spiro atoms. The van der Waals surface area contributed by atoms with E-state index >= 15 is 0 Å². The van der Waals surface area contributed by atoms with E-state index in [0.717, 1.165) is 29.2 Å². The topological polar surface area (TPSA) is 42.0 Å². The van der Waals surface area contributed by atoms with Gasteiger partial charge < -0.3 is 5.32 Å². The first kappa shape index (κ1) is 11.3. The molecule has 2 atom stereocenters. The third kappa shape index (κ3) is 2.41. The van der Waals surface area contributed by atoms with Crippen LogP contribution in [0, 0.1) is 0 Å². The molecule has 1 aliphatic rings. The second-order valence-electron chi connectivity index (χ2n) is 4.19. The lowest BCUT2D eigenvalue weighted by atomic mass is 10.3. The van der Waals surface area contributed by atoms with Gasteiger partial charge in [0, 0.05) is 22.3 Å². The number of hydrogen-bond donors (Lipinski definition) is 1. The molecule has 17 heavy (non-hydrogen) atoms. The van der Waals surface area contributed by atoms with Crippen molar-refractivity contribution in [2.24, 2.45) is 0 Å². The number of benzene rings is 1. The van der Waals surface area contributed by atoms with E-state index in [1.807, 2.05) is 18.2 Å². The van der Waals surface area contributed by atoms with Crippen LogP contribution >= 0.6 is 11.3 Å². The van der Waals surface area contributed by atoms with Crippen molar-refractivity contribution in [2.75, 3.05) is 18.1 Å². The van der Waals surface area contributed by atoms with Crippen LogP contribution in [0.3, 0.4) is 0 Å². The monoisotopic (exact) mass is 266 g/mol. The van der Waals surface area contributed by atoms with Crippen molar-refractivity contribution < 1.29 is 4.21 Å². The van der Waals surface area contributed by atoms with Crippen molar-refractivity contribution in [3.63, 3.8) is 0 Å². The summed E-state index contributed by atoms with van der Waals surface area (Å²) in [5.74, 6) is 1.51. The molecule has 0 aliphatic carbocycles. The number of nitrogens with zero attached hydrogens (tertiary/aromatic N) is 1. The molecule has 3 rings (SSSR count). The van der Waals surface area contributed by atoms with Gasteiger partial charge in [0.1, 0.15) is 5.01 Å². The van der Waals surface area contributed by atoms with Crippen LogP contribution < -0.4 is 5.32 Å². The molecule has 1 N–H and O–H groups in total. The highest BCUT2D eigenvalue weighted by Gasteiger charge is 2.20. The lowest BCUT2D eigenvalue weighted by Crippen LogP contribution is -2.23. The van der Waals surface area contributed by atoms with E-state index in [9.17, 15) is 4.21 Å². The maximum Gasteiger partial charge on any atom is 0.112 e. The van der Waals surface area contributed by atoms with Gasteiger partial charge in [-0.15, -0.1) is 11.3 Å². The number of thiazole rings is 1. The Bertz CT molecular complexity index is 519. The average molecular weight is 266 g/mol. The van der Waals surface area contributed by atoms with Crippen molar-refractivity contribution in [2.45, 2.75) is 12.5 Å². The van der Waals surface area contributed by atoms with Gasteiger partial charge in [-0.25, -0.2) is 4.98 Å². The minimum atomic E-state index is -0.706. The van der Waals surface area contributed by atoms with E-state index < -0.39 is 10.8 Å². The van der Waals surface area contributed by atoms with Crippen LogP contribution in [-0.4, -0.2) is 27.2 Å². The van der Waals surface area contributed by atoms with Gasteiger partial charge in [0.15, 0.2) is 0 Å². The van der Waals surface area contributed by atoms with E-state index in [1.54, 1.807) is 11.3 Å². The Balaban J connectivity index is 1.94. The van der Waals surface area contributed by atoms with Crippen LogP contribution in [0.15, 0.2) is 24.3 Å². The number of para-hydroxylation sites is 1. The van der Waals surface area contributed by atoms with Crippen molar-refractivity contribution >= 4 is 32.4 Å². The Kier molecular flexibility index (Phi) is 3.22. The first-order valence-corrected chi connectivity index (χ1v) is 8.07. The van der Waals surface area contributed by atoms with Crippen molar-refractivity contribution in [3.05, 3.63) is 29.3 Å². The predicted molar refractivity (Wildman–Crippen MR) is 72.9 cm³/mol. The summed E-state index contributed by atoms with van der Waals surface area (Å²) in [5.41, 5.74) is 1.05. The van der Waals surface area contributed by atoms with E-state index in [1.165, 1.54) is 4.70 Å². The number of nitrogens with one attached hydrogen (secondary N) is 1. The predicted octanol–water partition coefficient (Wildman–Crippen LogP) is 2.08. The summed E-state index contributed by atoms with van der Waals surface area (Å²) in [6, 6.07) is 8.32. The van der Waals surface area contributed by atoms with Crippen LogP contribution in [0.2, 0.25) is 0 Å². The van der Waals surface area contributed by atoms with Gasteiger partial charge in [-0.1, -0.05) is 12.1 Å². The van der Waals surface area contributed by atoms with Crippen LogP contribution in [0.4, 0.5) is 0 Å². The highest BCUT2D eigenvalue weighted by atomic mass is 32.2. The average Bonchev–Trinajstić information content (AvgIpc) is 2.65. The minimum absolute atomic E-state index is 0.163. The van der Waals surface area contributed by atoms with Crippen molar-refractivity contribution in [3.8, 4) is 0 Å². The zero-order chi connectivity index (χ0) is 11.7. The van der Waals surface area contributed by atoms with E-state index in [0.29, 0.717) is 5.75 Å². The molecule has 1 aromatic heterocycles. The summed E-state index contributed by atoms with van der Waals surface area (Å²) in [5, 5.41) is 4.51. The molecule has 90 valence electrons. The van der Waals surface area contributed by atoms with E-state index in [2.05, 4.69) is 16.4 Å². The summed E-state index contributed by atoms with van der Waals surface area (Å²) in [6.45, 7) is 0.937. The van der Waals surface area contributed by atoms with Crippen molar-refractivity contribution in [1.29, 1.82) is 0 Å². The molecule has 2 heterocycles. The van der Waals surface area contributed by atoms with E-state index in [4.69, 9.17) is 0 Å². The van der Waals surface area contributed by atoms with Gasteiger partial charge >= 0.3 is 0 Å². The van der Waals surface area contributed by atoms with Crippen LogP contribution in [0.1, 0.15) is 17.5 Å². The standard InChI is InChI=1S/C12H14N2OS2/c15-17-7-3-6-13-10(8-17)12-14-9-4-1-2-5-11(9)16-12/h1-2,4-5,10,13H,3,6-8H2. The molecule has 0 radical (unpaired) electrons. The molecular weight excluding hydrogens is 252 g/mol. The van der Waals surface area contributed by atoms with Gasteiger partial charge in [0.05, 0.1) is 16.3 Å². The van der Waals surface area contributed by atoms with Gasteiger partial charge in [0.25, 0.3) is 0 Å². The van der Waals surface area contributed by atoms with Gasteiger partial charge in [-0.3, -0.25) is 4.21 Å². The molecule has 1 aromatic carbocycles. The van der Waals surface area contributed by atoms with Gasteiger partial charge in [-0.2, -0.15) is 0 Å². The molecule has 0 amide bonds. The highest BCUT2D eigenvalue weighted by Crippen LogP contribution is 2.27. The minimum Gasteiger partial charge on any atom is -0.307 e. The largest absolute Gasteiger partial charge is 0.307 e. The quantitative estimate of drug-likeness (QED) is 0.859. The Morgan fingerprint density at radius 3 is 3.18 bits per heavy atom. The molecule has 2 aromatic rings. The summed E-state index contributed by atoms with van der Waals surface area (Å²) in [6.07, 6.45) is 0.994. The molecule has 0 saturated carbocycles. The Morgan fingerprint density at radius 1 is 1.41 bits per heavy atom. The fourth-order valence-electron chi connectivity index (χ4n) is 2.04. The summed E-state index contributed by atoms with van der Waals surface area (Å²) in [7, 11) is -0.706. The third-order valence-electron chi connectivity index (χ3n) is 2.90. The summed E-state index contributed by atoms with van der Waals surface area (Å²) < 4.78 is 12.9. The molecule has 2 unspecified atom stereocenters. The molecule has 5 heteroatoms. The Labute approximate surface area is 107 Å². The summed E-state index contributed by atoms with van der Waals surface area (Å²) >= 11 is 1.71. The molecule has 1 aliphatic heterocycles. The molecule has 3 nitrogen and oxygen atoms in total. The number of rotatable bonds is 1. The molecule has 1 fully saturated rings. The maximum absolute atomic E-state index is 11.7. The first-order chi connectivity index (χ1) is 8.33. The first-order valence-electron chi connectivity index (χ1n) is 5.77. The molecule has 0 bridgehead atoms. The molecule has 1 saturated heterocycles. The van der Waals surface area contributed by atoms with Crippen LogP contribution in [0.25, 0.3) is 10.2 Å². The second kappa shape index (κ2) is 4.84. The Hall–Kier alpha value is -0.780. The number of aromatic nitrogens is 1. The zero-order valence-corrected chi connectivity index (χ0v) is 11.0. The number of fused-ring (bicyclic) bond motifs is 1. The van der Waals surface area contributed by atoms with Crippen LogP contribution in [0.5, 0.6) is 0 Å². The van der Waals surface area contributed by atoms with Crippen molar-refractivity contribution in [1.82, 2.24) is 10.3 Å². The third-order valence-corrected chi connectivity index (χ3v) is 5.50. The fraction of sp³-hybridized carbons (Fsp3) is 0.417. The molecular formula is C12H14N2OS2. The maximum atomic E-state index is 11.7. The zero-order valence-electron chi connectivity index (χ0n) is 9.39. The van der Waals surface area contributed by atoms with Gasteiger partial charge in [0.2, 0.25) is 0 Å².